The molecule has 10 heavy (non-hydrogen) atoms. The third-order valence-electron chi connectivity index (χ3n) is 0.806. The molecule has 0 saturated carbocycles. The van der Waals surface area contributed by atoms with Crippen molar-refractivity contribution < 1.29 is 12.6 Å². The van der Waals surface area contributed by atoms with Crippen LogP contribution in [-0.4, -0.2) is 32.5 Å². The summed E-state index contributed by atoms with van der Waals surface area (Å²) in [5.41, 5.74) is 0. The molecule has 1 unspecified atom stereocenters. The van der Waals surface area contributed by atoms with E-state index in [4.69, 9.17) is 23.2 Å². The van der Waals surface area contributed by atoms with Gasteiger partial charge in [-0.05, 0) is 0 Å². The minimum absolute atomic E-state index is 0.101. The molecule has 3 nitrogen and oxygen atoms in total. The van der Waals surface area contributed by atoms with E-state index >= 15 is 0 Å². The highest BCUT2D eigenvalue weighted by Crippen LogP contribution is 2.03. The molecule has 62 valence electrons. The minimum atomic E-state index is -3.45. The Hall–Kier alpha value is 0.490. The Labute approximate surface area is 70.4 Å². The number of rotatable bonds is 4. The largest absolute Gasteiger partial charge is 0.273 e. The first-order valence-electron chi connectivity index (χ1n) is 2.50. The van der Waals surface area contributed by atoms with Crippen LogP contribution >= 0.6 is 23.2 Å². The summed E-state index contributed by atoms with van der Waals surface area (Å²) >= 11 is 10.7. The Morgan fingerprint density at radius 2 is 2.10 bits per heavy atom. The van der Waals surface area contributed by atoms with Crippen LogP contribution in [0.25, 0.3) is 0 Å². The standard InChI is InChI=1S/C4H8Cl2O3S/c1-9-10(7,8)3-4(6)2-5/h4H,2-3H2,1H3. The lowest BCUT2D eigenvalue weighted by Crippen LogP contribution is -2.18. The number of halogens is 2. The maximum absolute atomic E-state index is 10.6. The van der Waals surface area contributed by atoms with Crippen LogP contribution in [-0.2, 0) is 14.3 Å². The lowest BCUT2D eigenvalue weighted by molar-refractivity contribution is 0.397. The Morgan fingerprint density at radius 3 is 2.40 bits per heavy atom. The smallest absolute Gasteiger partial charge is 0.268 e. The van der Waals surface area contributed by atoms with Gasteiger partial charge in [0, 0.05) is 5.88 Å². The first-order valence-corrected chi connectivity index (χ1v) is 5.05. The average molecular weight is 207 g/mol. The topological polar surface area (TPSA) is 43.4 Å². The second kappa shape index (κ2) is 4.38. The summed E-state index contributed by atoms with van der Waals surface area (Å²) in [6.07, 6.45) is 0. The fourth-order valence-corrected chi connectivity index (χ4v) is 1.73. The third kappa shape index (κ3) is 4.33. The zero-order valence-corrected chi connectivity index (χ0v) is 7.71. The van der Waals surface area contributed by atoms with Gasteiger partial charge in [0.25, 0.3) is 10.1 Å². The highest BCUT2D eigenvalue weighted by Gasteiger charge is 2.14. The van der Waals surface area contributed by atoms with Crippen LogP contribution in [0.2, 0.25) is 0 Å². The molecule has 0 rings (SSSR count). The zero-order valence-electron chi connectivity index (χ0n) is 5.38. The number of alkyl halides is 2. The third-order valence-corrected chi connectivity index (χ3v) is 3.15. The molecule has 0 radical (unpaired) electrons. The molecular weight excluding hydrogens is 199 g/mol. The lowest BCUT2D eigenvalue weighted by Gasteiger charge is -2.03. The van der Waals surface area contributed by atoms with E-state index < -0.39 is 15.5 Å². The zero-order chi connectivity index (χ0) is 8.20. The normalized spacial score (nSPS) is 15.1. The van der Waals surface area contributed by atoms with Crippen LogP contribution in [0.3, 0.4) is 0 Å². The van der Waals surface area contributed by atoms with E-state index in [-0.39, 0.29) is 11.6 Å². The summed E-state index contributed by atoms with van der Waals surface area (Å²) < 4.78 is 25.3. The van der Waals surface area contributed by atoms with Crippen LogP contribution in [0.1, 0.15) is 0 Å². The monoisotopic (exact) mass is 206 g/mol. The van der Waals surface area contributed by atoms with Gasteiger partial charge in [0.05, 0.1) is 18.2 Å². The highest BCUT2D eigenvalue weighted by molar-refractivity contribution is 7.86. The fourth-order valence-electron chi connectivity index (χ4n) is 0.334. The molecule has 0 N–H and O–H groups in total. The van der Waals surface area contributed by atoms with Crippen molar-refractivity contribution >= 4 is 33.3 Å². The van der Waals surface area contributed by atoms with E-state index in [2.05, 4.69) is 4.18 Å². The molecule has 0 heterocycles. The second-order valence-corrected chi connectivity index (χ2v) is 4.35. The average Bonchev–Trinajstić information content (AvgIpc) is 1.87. The van der Waals surface area contributed by atoms with Crippen molar-refractivity contribution in [3.05, 3.63) is 0 Å². The molecule has 0 aliphatic heterocycles. The maximum atomic E-state index is 10.6. The predicted octanol–water partition coefficient (Wildman–Crippen LogP) is 0.809. The van der Waals surface area contributed by atoms with Crippen molar-refractivity contribution in [1.29, 1.82) is 0 Å². The van der Waals surface area contributed by atoms with Crippen LogP contribution in [0, 0.1) is 0 Å². The van der Waals surface area contributed by atoms with E-state index in [1.807, 2.05) is 0 Å². The van der Waals surface area contributed by atoms with Gasteiger partial charge in [-0.2, -0.15) is 8.42 Å². The van der Waals surface area contributed by atoms with Gasteiger partial charge in [-0.1, -0.05) is 0 Å². The van der Waals surface area contributed by atoms with Crippen molar-refractivity contribution in [2.75, 3.05) is 18.7 Å². The summed E-state index contributed by atoms with van der Waals surface area (Å²) in [6.45, 7) is 0. The quantitative estimate of drug-likeness (QED) is 0.506. The van der Waals surface area contributed by atoms with Crippen molar-refractivity contribution in [2.45, 2.75) is 5.38 Å². The molecule has 0 saturated heterocycles. The molecule has 1 atom stereocenters. The molecule has 0 aromatic heterocycles. The summed E-state index contributed by atoms with van der Waals surface area (Å²) in [5, 5.41) is -0.577. The molecule has 6 heteroatoms. The molecule has 0 amide bonds. The first-order chi connectivity index (χ1) is 4.52. The van der Waals surface area contributed by atoms with Crippen LogP contribution in [0.5, 0.6) is 0 Å². The van der Waals surface area contributed by atoms with Gasteiger partial charge in [0.15, 0.2) is 0 Å². The molecule has 0 fully saturated rings. The Morgan fingerprint density at radius 1 is 1.60 bits per heavy atom. The molecule has 0 aliphatic rings. The van der Waals surface area contributed by atoms with E-state index in [1.165, 1.54) is 0 Å². The Bertz CT molecular complexity index is 177. The molecule has 0 bridgehead atoms. The molecule has 0 spiro atoms. The fraction of sp³-hybridized carbons (Fsp3) is 1.00. The highest BCUT2D eigenvalue weighted by atomic mass is 35.5. The van der Waals surface area contributed by atoms with Gasteiger partial charge in [-0.3, -0.25) is 4.18 Å². The van der Waals surface area contributed by atoms with Gasteiger partial charge >= 0.3 is 0 Å². The second-order valence-electron chi connectivity index (χ2n) is 1.64. The summed E-state index contributed by atoms with van der Waals surface area (Å²) in [4.78, 5) is 0. The predicted molar refractivity (Wildman–Crippen MR) is 41.2 cm³/mol. The van der Waals surface area contributed by atoms with Crippen LogP contribution in [0.4, 0.5) is 0 Å². The van der Waals surface area contributed by atoms with E-state index in [0.717, 1.165) is 7.11 Å². The van der Waals surface area contributed by atoms with Gasteiger partial charge < -0.3 is 0 Å². The maximum Gasteiger partial charge on any atom is 0.268 e. The van der Waals surface area contributed by atoms with Crippen molar-refractivity contribution in [3.63, 3.8) is 0 Å². The molecule has 0 aliphatic carbocycles. The van der Waals surface area contributed by atoms with Crippen LogP contribution in [0.15, 0.2) is 0 Å². The summed E-state index contributed by atoms with van der Waals surface area (Å²) in [5.74, 6) is -0.140. The van der Waals surface area contributed by atoms with E-state index in [0.29, 0.717) is 0 Å². The number of hydrogen-bond acceptors (Lipinski definition) is 3. The molecular formula is C4H8Cl2O3S. The van der Waals surface area contributed by atoms with Gasteiger partial charge in [0.2, 0.25) is 0 Å². The Balaban J connectivity index is 3.90. The van der Waals surface area contributed by atoms with E-state index in [9.17, 15) is 8.42 Å². The van der Waals surface area contributed by atoms with Crippen molar-refractivity contribution in [1.82, 2.24) is 0 Å². The number of hydrogen-bond donors (Lipinski definition) is 0. The Kier molecular flexibility index (Phi) is 4.60. The lowest BCUT2D eigenvalue weighted by atomic mass is 10.6. The summed E-state index contributed by atoms with van der Waals surface area (Å²) in [6, 6.07) is 0. The van der Waals surface area contributed by atoms with Gasteiger partial charge in [-0.15, -0.1) is 23.2 Å². The molecule has 0 aromatic carbocycles. The van der Waals surface area contributed by atoms with Gasteiger partial charge in [-0.25, -0.2) is 0 Å². The van der Waals surface area contributed by atoms with E-state index in [1.54, 1.807) is 0 Å². The van der Waals surface area contributed by atoms with Crippen LogP contribution < -0.4 is 0 Å². The van der Waals surface area contributed by atoms with Gasteiger partial charge in [0.1, 0.15) is 0 Å². The van der Waals surface area contributed by atoms with Crippen molar-refractivity contribution in [2.24, 2.45) is 0 Å². The minimum Gasteiger partial charge on any atom is -0.273 e. The first kappa shape index (κ1) is 10.5. The summed E-state index contributed by atoms with van der Waals surface area (Å²) in [7, 11) is -2.36. The SMILES string of the molecule is COS(=O)(=O)CC(Cl)CCl. The van der Waals surface area contributed by atoms with Crippen molar-refractivity contribution in [3.8, 4) is 0 Å². The molecule has 0 aromatic rings.